The van der Waals surface area contributed by atoms with Gasteiger partial charge in [-0.1, -0.05) is 20.8 Å². The summed E-state index contributed by atoms with van der Waals surface area (Å²) in [6.07, 6.45) is 3.13. The fourth-order valence-electron chi connectivity index (χ4n) is 2.13. The van der Waals surface area contributed by atoms with Gasteiger partial charge >= 0.3 is 5.97 Å². The van der Waals surface area contributed by atoms with Crippen molar-refractivity contribution in [2.45, 2.75) is 59.0 Å². The summed E-state index contributed by atoms with van der Waals surface area (Å²) < 4.78 is 5.27. The van der Waals surface area contributed by atoms with E-state index in [1.165, 1.54) is 0 Å². The third-order valence-electron chi connectivity index (χ3n) is 3.39. The molecule has 0 N–H and O–H groups in total. The Hall–Kier alpha value is -0.860. The third-order valence-corrected chi connectivity index (χ3v) is 3.39. The zero-order chi connectivity index (χ0) is 11.5. The maximum atomic E-state index is 11.8. The maximum absolute atomic E-state index is 11.8. The second-order valence-electron chi connectivity index (χ2n) is 4.34. The molecule has 0 aliphatic carbocycles. The van der Waals surface area contributed by atoms with Gasteiger partial charge in [0, 0.05) is 19.3 Å². The molecule has 0 radical (unpaired) electrons. The van der Waals surface area contributed by atoms with Gasteiger partial charge in [0.15, 0.2) is 0 Å². The minimum Gasteiger partial charge on any atom is -0.462 e. The summed E-state index contributed by atoms with van der Waals surface area (Å²) in [5, 5.41) is 0. The molecule has 0 saturated carbocycles. The first-order valence-electron chi connectivity index (χ1n) is 5.80. The highest BCUT2D eigenvalue weighted by Gasteiger charge is 2.47. The second-order valence-corrected chi connectivity index (χ2v) is 4.34. The van der Waals surface area contributed by atoms with Gasteiger partial charge in [-0.05, 0) is 12.8 Å². The van der Waals surface area contributed by atoms with Crippen molar-refractivity contribution in [1.82, 2.24) is 0 Å². The van der Waals surface area contributed by atoms with Gasteiger partial charge in [0.05, 0.1) is 5.41 Å². The van der Waals surface area contributed by atoms with Crippen molar-refractivity contribution >= 4 is 11.8 Å². The second kappa shape index (κ2) is 4.77. The number of hydrogen-bond acceptors (Lipinski definition) is 3. The van der Waals surface area contributed by atoms with Crippen LogP contribution in [0, 0.1) is 5.41 Å². The topological polar surface area (TPSA) is 43.4 Å². The van der Waals surface area contributed by atoms with Crippen LogP contribution >= 0.6 is 0 Å². The molecule has 86 valence electrons. The lowest BCUT2D eigenvalue weighted by molar-refractivity contribution is -0.150. The van der Waals surface area contributed by atoms with Gasteiger partial charge in [-0.15, -0.1) is 0 Å². The van der Waals surface area contributed by atoms with E-state index in [0.717, 1.165) is 6.42 Å². The van der Waals surface area contributed by atoms with E-state index in [-0.39, 0.29) is 17.9 Å². The number of ether oxygens (including phenoxy) is 1. The molecule has 2 unspecified atom stereocenters. The lowest BCUT2D eigenvalue weighted by Gasteiger charge is -2.21. The first-order chi connectivity index (χ1) is 7.07. The zero-order valence-electron chi connectivity index (χ0n) is 9.84. The van der Waals surface area contributed by atoms with Crippen molar-refractivity contribution in [3.05, 3.63) is 0 Å². The Morgan fingerprint density at radius 2 is 2.13 bits per heavy atom. The Labute approximate surface area is 91.2 Å². The molecule has 1 aliphatic rings. The van der Waals surface area contributed by atoms with Gasteiger partial charge in [-0.3, -0.25) is 9.59 Å². The van der Waals surface area contributed by atoms with Crippen LogP contribution in [0.3, 0.4) is 0 Å². The molecule has 0 aromatic carbocycles. The van der Waals surface area contributed by atoms with Crippen LogP contribution in [0.5, 0.6) is 0 Å². The van der Waals surface area contributed by atoms with Crippen molar-refractivity contribution in [3.8, 4) is 0 Å². The Kier molecular flexibility index (Phi) is 3.89. The molecule has 1 fully saturated rings. The fraction of sp³-hybridized carbons (Fsp3) is 0.833. The Morgan fingerprint density at radius 1 is 1.47 bits per heavy atom. The average molecular weight is 212 g/mol. The molecule has 0 spiro atoms. The van der Waals surface area contributed by atoms with E-state index in [9.17, 15) is 9.59 Å². The number of hydrogen-bond donors (Lipinski definition) is 0. The highest BCUT2D eigenvalue weighted by molar-refractivity contribution is 5.88. The van der Waals surface area contributed by atoms with E-state index in [2.05, 4.69) is 0 Å². The first kappa shape index (κ1) is 12.2. The van der Waals surface area contributed by atoms with E-state index in [0.29, 0.717) is 25.7 Å². The van der Waals surface area contributed by atoms with E-state index < -0.39 is 5.41 Å². The van der Waals surface area contributed by atoms with Crippen LogP contribution in [0.1, 0.15) is 52.9 Å². The number of carbonyl (C=O) groups excluding carboxylic acids is 2. The third kappa shape index (κ3) is 2.39. The number of ketones is 1. The monoisotopic (exact) mass is 212 g/mol. The van der Waals surface area contributed by atoms with Gasteiger partial charge in [-0.25, -0.2) is 0 Å². The summed E-state index contributed by atoms with van der Waals surface area (Å²) in [7, 11) is 0. The quantitative estimate of drug-likeness (QED) is 0.657. The summed E-state index contributed by atoms with van der Waals surface area (Å²) in [5.41, 5.74) is -0.520. The highest BCUT2D eigenvalue weighted by Crippen LogP contribution is 2.41. The molecule has 3 nitrogen and oxygen atoms in total. The number of rotatable bonds is 5. The number of carbonyl (C=O) groups is 2. The van der Waals surface area contributed by atoms with Crippen LogP contribution in [0.15, 0.2) is 0 Å². The van der Waals surface area contributed by atoms with Crippen LogP contribution in [0.4, 0.5) is 0 Å². The normalized spacial score (nSPS) is 30.3. The van der Waals surface area contributed by atoms with E-state index in [1.807, 2.05) is 20.8 Å². The lowest BCUT2D eigenvalue weighted by Crippen LogP contribution is -2.28. The molecule has 1 rings (SSSR count). The van der Waals surface area contributed by atoms with Crippen LogP contribution in [-0.4, -0.2) is 17.9 Å². The summed E-state index contributed by atoms with van der Waals surface area (Å²) in [4.78, 5) is 23.2. The average Bonchev–Trinajstić information content (AvgIpc) is 2.56. The molecular weight excluding hydrogens is 192 g/mol. The van der Waals surface area contributed by atoms with Crippen LogP contribution in [0.25, 0.3) is 0 Å². The predicted molar refractivity (Wildman–Crippen MR) is 57.4 cm³/mol. The standard InChI is InChI=1S/C12H20O3/c1-4-9(13)7-12(6-3)8-10(5-2)15-11(12)14/h10H,4-8H2,1-3H3. The fourth-order valence-corrected chi connectivity index (χ4v) is 2.13. The van der Waals surface area contributed by atoms with Gasteiger partial charge in [-0.2, -0.15) is 0 Å². The molecule has 0 amide bonds. The van der Waals surface area contributed by atoms with E-state index in [1.54, 1.807) is 0 Å². The van der Waals surface area contributed by atoms with E-state index in [4.69, 9.17) is 4.74 Å². The van der Waals surface area contributed by atoms with Gasteiger partial charge in [0.25, 0.3) is 0 Å². The first-order valence-corrected chi connectivity index (χ1v) is 5.80. The number of esters is 1. The highest BCUT2D eigenvalue weighted by atomic mass is 16.6. The van der Waals surface area contributed by atoms with Crippen LogP contribution < -0.4 is 0 Å². The minimum atomic E-state index is -0.520. The molecule has 1 heterocycles. The summed E-state index contributed by atoms with van der Waals surface area (Å²) >= 11 is 0. The Bertz CT molecular complexity index is 260. The maximum Gasteiger partial charge on any atom is 0.312 e. The van der Waals surface area contributed by atoms with Crippen molar-refractivity contribution in [2.24, 2.45) is 5.41 Å². The SMILES string of the molecule is CCC(=O)CC1(CC)CC(CC)OC1=O. The molecule has 2 atom stereocenters. The summed E-state index contributed by atoms with van der Waals surface area (Å²) in [6, 6.07) is 0. The molecular formula is C12H20O3. The van der Waals surface area contributed by atoms with E-state index >= 15 is 0 Å². The summed E-state index contributed by atoms with van der Waals surface area (Å²) in [6.45, 7) is 5.80. The largest absolute Gasteiger partial charge is 0.462 e. The molecule has 0 aromatic rings. The molecule has 1 saturated heterocycles. The van der Waals surface area contributed by atoms with Gasteiger partial charge < -0.3 is 4.74 Å². The number of cyclic esters (lactones) is 1. The predicted octanol–water partition coefficient (Wildman–Crippen LogP) is 2.48. The minimum absolute atomic E-state index is 0.0158. The molecule has 1 aliphatic heterocycles. The molecule has 15 heavy (non-hydrogen) atoms. The van der Waals surface area contributed by atoms with Gasteiger partial charge in [0.2, 0.25) is 0 Å². The van der Waals surface area contributed by atoms with Crippen molar-refractivity contribution < 1.29 is 14.3 Å². The van der Waals surface area contributed by atoms with Gasteiger partial charge in [0.1, 0.15) is 11.9 Å². The van der Waals surface area contributed by atoms with Crippen LogP contribution in [-0.2, 0) is 14.3 Å². The zero-order valence-corrected chi connectivity index (χ0v) is 9.84. The van der Waals surface area contributed by atoms with Crippen LogP contribution in [0.2, 0.25) is 0 Å². The molecule has 0 bridgehead atoms. The Balaban J connectivity index is 2.76. The smallest absolute Gasteiger partial charge is 0.312 e. The summed E-state index contributed by atoms with van der Waals surface area (Å²) in [5.74, 6) is -0.01000. The molecule has 0 aromatic heterocycles. The lowest BCUT2D eigenvalue weighted by atomic mass is 9.77. The van der Waals surface area contributed by atoms with Crippen molar-refractivity contribution in [2.75, 3.05) is 0 Å². The number of Topliss-reactive ketones (excluding diaryl/α,β-unsaturated/α-hetero) is 1. The Morgan fingerprint density at radius 3 is 2.53 bits per heavy atom. The molecule has 3 heteroatoms. The van der Waals surface area contributed by atoms with Crippen molar-refractivity contribution in [3.63, 3.8) is 0 Å². The van der Waals surface area contributed by atoms with Crippen molar-refractivity contribution in [1.29, 1.82) is 0 Å².